The molecule has 1 atom stereocenters. The van der Waals surface area contributed by atoms with Crippen molar-refractivity contribution in [2.45, 2.75) is 19.6 Å². The number of rotatable bonds is 3. The van der Waals surface area contributed by atoms with E-state index in [-0.39, 0.29) is 11.4 Å². The zero-order valence-electron chi connectivity index (χ0n) is 7.47. The average Bonchev–Trinajstić information content (AvgIpc) is 2.11. The van der Waals surface area contributed by atoms with Gasteiger partial charge < -0.3 is 10.4 Å². The molecule has 1 rings (SSSR count). The van der Waals surface area contributed by atoms with Crippen molar-refractivity contribution in [2.75, 3.05) is 5.32 Å². The van der Waals surface area contributed by atoms with E-state index in [0.29, 0.717) is 5.56 Å². The zero-order valence-corrected chi connectivity index (χ0v) is 7.47. The van der Waals surface area contributed by atoms with Crippen LogP contribution in [0, 0.1) is 6.92 Å². The smallest absolute Gasteiger partial charge is 0.287 e. The second kappa shape index (κ2) is 4.21. The molecule has 0 fully saturated rings. The van der Waals surface area contributed by atoms with Gasteiger partial charge in [-0.15, -0.1) is 0 Å². The van der Waals surface area contributed by atoms with Gasteiger partial charge in [-0.2, -0.15) is 0 Å². The number of alkyl halides is 3. The molecule has 1 aromatic rings. The Labute approximate surface area is 79.4 Å². The van der Waals surface area contributed by atoms with E-state index in [9.17, 15) is 13.2 Å². The van der Waals surface area contributed by atoms with E-state index in [2.05, 4.69) is 0 Å². The highest BCUT2D eigenvalue weighted by atomic mass is 19.3. The largest absolute Gasteiger partial charge is 0.508 e. The van der Waals surface area contributed by atoms with Crippen LogP contribution in [0.15, 0.2) is 18.2 Å². The predicted molar refractivity (Wildman–Crippen MR) is 47.4 cm³/mol. The van der Waals surface area contributed by atoms with Gasteiger partial charge in [0, 0.05) is 11.8 Å². The normalized spacial score (nSPS) is 12.9. The van der Waals surface area contributed by atoms with Crippen LogP contribution in [0.25, 0.3) is 0 Å². The Bertz CT molecular complexity index is 317. The Morgan fingerprint density at radius 1 is 1.29 bits per heavy atom. The Morgan fingerprint density at radius 2 is 1.93 bits per heavy atom. The van der Waals surface area contributed by atoms with E-state index < -0.39 is 12.7 Å². The molecule has 0 aliphatic carbocycles. The summed E-state index contributed by atoms with van der Waals surface area (Å²) in [6.45, 7) is 1.62. The summed E-state index contributed by atoms with van der Waals surface area (Å²) in [5.74, 6) is -0.0976. The van der Waals surface area contributed by atoms with Crippen LogP contribution >= 0.6 is 0 Å². The Hall–Kier alpha value is -1.39. The molecular formula is C9H10F3NO. The van der Waals surface area contributed by atoms with E-state index in [1.807, 2.05) is 5.32 Å². The number of aryl methyl sites for hydroxylation is 1. The Morgan fingerprint density at radius 3 is 2.50 bits per heavy atom. The monoisotopic (exact) mass is 205 g/mol. The Kier molecular flexibility index (Phi) is 3.22. The van der Waals surface area contributed by atoms with Crippen LogP contribution in [0.1, 0.15) is 5.56 Å². The molecule has 0 saturated carbocycles. The number of aromatic hydroxyl groups is 1. The van der Waals surface area contributed by atoms with Crippen molar-refractivity contribution in [3.8, 4) is 5.75 Å². The third kappa shape index (κ3) is 2.55. The van der Waals surface area contributed by atoms with E-state index in [4.69, 9.17) is 5.11 Å². The number of phenols is 1. The number of hydrogen-bond acceptors (Lipinski definition) is 2. The minimum absolute atomic E-state index is 0.0976. The zero-order chi connectivity index (χ0) is 10.7. The quantitative estimate of drug-likeness (QED) is 0.743. The minimum Gasteiger partial charge on any atom is -0.508 e. The minimum atomic E-state index is -3.09. The number of phenolic OH excluding ortho intramolecular Hbond substituents is 1. The first-order valence-electron chi connectivity index (χ1n) is 3.99. The van der Waals surface area contributed by atoms with Crippen molar-refractivity contribution in [2.24, 2.45) is 0 Å². The molecule has 0 radical (unpaired) electrons. The number of benzene rings is 1. The van der Waals surface area contributed by atoms with Gasteiger partial charge in [-0.25, -0.2) is 13.2 Å². The van der Waals surface area contributed by atoms with Gasteiger partial charge >= 0.3 is 0 Å². The average molecular weight is 205 g/mol. The highest BCUT2D eigenvalue weighted by Crippen LogP contribution is 2.22. The summed E-state index contributed by atoms with van der Waals surface area (Å²) < 4.78 is 36.3. The number of halogens is 3. The van der Waals surface area contributed by atoms with Crippen molar-refractivity contribution in [3.63, 3.8) is 0 Å². The van der Waals surface area contributed by atoms with E-state index >= 15 is 0 Å². The molecule has 78 valence electrons. The standard InChI is InChI=1S/C9H10F3NO/c1-5-2-3-6(14)4-7(5)13-9(12)8(10)11/h2-4,8-9,13-14H,1H3. The van der Waals surface area contributed by atoms with Gasteiger partial charge in [0.25, 0.3) is 6.43 Å². The first kappa shape index (κ1) is 10.7. The lowest BCUT2D eigenvalue weighted by molar-refractivity contribution is 0.0650. The van der Waals surface area contributed by atoms with Crippen LogP contribution in [-0.4, -0.2) is 17.8 Å². The molecule has 0 amide bonds. The van der Waals surface area contributed by atoms with Gasteiger partial charge in [0.15, 0.2) is 0 Å². The Balaban J connectivity index is 2.80. The van der Waals surface area contributed by atoms with Gasteiger partial charge in [0.05, 0.1) is 0 Å². The molecule has 0 bridgehead atoms. The number of nitrogens with one attached hydrogen (secondary N) is 1. The highest BCUT2D eigenvalue weighted by molar-refractivity contribution is 5.54. The van der Waals surface area contributed by atoms with E-state index in [1.54, 1.807) is 6.92 Å². The molecule has 14 heavy (non-hydrogen) atoms. The lowest BCUT2D eigenvalue weighted by Crippen LogP contribution is -2.22. The molecule has 2 nitrogen and oxygen atoms in total. The van der Waals surface area contributed by atoms with Crippen molar-refractivity contribution in [1.82, 2.24) is 0 Å². The van der Waals surface area contributed by atoms with Gasteiger partial charge in [0.1, 0.15) is 5.75 Å². The van der Waals surface area contributed by atoms with Gasteiger partial charge in [-0.3, -0.25) is 0 Å². The molecule has 0 aromatic heterocycles. The molecule has 2 N–H and O–H groups in total. The molecule has 0 heterocycles. The maximum atomic E-state index is 12.6. The van der Waals surface area contributed by atoms with Crippen LogP contribution in [0.2, 0.25) is 0 Å². The van der Waals surface area contributed by atoms with Crippen LogP contribution in [-0.2, 0) is 0 Å². The predicted octanol–water partition coefficient (Wildman–Crippen LogP) is 2.67. The molecule has 5 heteroatoms. The van der Waals surface area contributed by atoms with Gasteiger partial charge in [0.2, 0.25) is 6.30 Å². The number of anilines is 1. The molecular weight excluding hydrogens is 195 g/mol. The fourth-order valence-corrected chi connectivity index (χ4v) is 0.977. The van der Waals surface area contributed by atoms with Crippen molar-refractivity contribution in [3.05, 3.63) is 23.8 Å². The molecule has 0 spiro atoms. The van der Waals surface area contributed by atoms with Crippen molar-refractivity contribution < 1.29 is 18.3 Å². The molecule has 0 aliphatic heterocycles. The lowest BCUT2D eigenvalue weighted by Gasteiger charge is -2.13. The molecule has 1 unspecified atom stereocenters. The SMILES string of the molecule is Cc1ccc(O)cc1NC(F)C(F)F. The van der Waals surface area contributed by atoms with Crippen LogP contribution in [0.3, 0.4) is 0 Å². The second-order valence-corrected chi connectivity index (χ2v) is 2.88. The van der Waals surface area contributed by atoms with Crippen LogP contribution < -0.4 is 5.32 Å². The lowest BCUT2D eigenvalue weighted by atomic mass is 10.2. The maximum Gasteiger partial charge on any atom is 0.287 e. The third-order valence-corrected chi connectivity index (χ3v) is 1.74. The first-order valence-corrected chi connectivity index (χ1v) is 3.99. The molecule has 0 aliphatic rings. The first-order chi connectivity index (χ1) is 6.50. The van der Waals surface area contributed by atoms with Crippen molar-refractivity contribution >= 4 is 5.69 Å². The molecule has 0 saturated heterocycles. The number of hydrogen-bond donors (Lipinski definition) is 2. The van der Waals surface area contributed by atoms with Gasteiger partial charge in [-0.1, -0.05) is 6.07 Å². The van der Waals surface area contributed by atoms with Gasteiger partial charge in [-0.05, 0) is 18.6 Å². The van der Waals surface area contributed by atoms with E-state index in [0.717, 1.165) is 0 Å². The summed E-state index contributed by atoms with van der Waals surface area (Å²) in [5, 5.41) is 11.0. The van der Waals surface area contributed by atoms with Crippen LogP contribution in [0.4, 0.5) is 18.9 Å². The second-order valence-electron chi connectivity index (χ2n) is 2.88. The summed E-state index contributed by atoms with van der Waals surface area (Å²) in [6, 6.07) is 4.11. The van der Waals surface area contributed by atoms with Crippen molar-refractivity contribution in [1.29, 1.82) is 0 Å². The third-order valence-electron chi connectivity index (χ3n) is 1.74. The summed E-state index contributed by atoms with van der Waals surface area (Å²) in [7, 11) is 0. The summed E-state index contributed by atoms with van der Waals surface area (Å²) >= 11 is 0. The van der Waals surface area contributed by atoms with Crippen LogP contribution in [0.5, 0.6) is 5.75 Å². The fourth-order valence-electron chi connectivity index (χ4n) is 0.977. The topological polar surface area (TPSA) is 32.3 Å². The summed E-state index contributed by atoms with van der Waals surface area (Å²) in [5.41, 5.74) is 0.754. The summed E-state index contributed by atoms with van der Waals surface area (Å²) in [6.07, 6.45) is -5.51. The van der Waals surface area contributed by atoms with E-state index in [1.165, 1.54) is 18.2 Å². The maximum absolute atomic E-state index is 12.6. The molecule has 1 aromatic carbocycles. The summed E-state index contributed by atoms with van der Waals surface area (Å²) in [4.78, 5) is 0. The highest BCUT2D eigenvalue weighted by Gasteiger charge is 2.19. The fraction of sp³-hybridized carbons (Fsp3) is 0.333.